The number of aliphatic hydroxyl groups excluding tert-OH is 1. The first kappa shape index (κ1) is 15.9. The molecule has 0 heterocycles. The molecule has 19 heavy (non-hydrogen) atoms. The summed E-state index contributed by atoms with van der Waals surface area (Å²) < 4.78 is 40.1. The van der Waals surface area contributed by atoms with E-state index in [4.69, 9.17) is 10.8 Å². The highest BCUT2D eigenvalue weighted by Gasteiger charge is 2.24. The van der Waals surface area contributed by atoms with Crippen LogP contribution in [0.2, 0.25) is 0 Å². The van der Waals surface area contributed by atoms with E-state index in [1.165, 1.54) is 12.1 Å². The summed E-state index contributed by atoms with van der Waals surface area (Å²) in [6, 6.07) is 3.20. The molecule has 1 unspecified atom stereocenters. The molecular formula is C12H19FN2O3S. The largest absolute Gasteiger partial charge is 0.396 e. The lowest BCUT2D eigenvalue weighted by atomic mass is 10.0. The summed E-state index contributed by atoms with van der Waals surface area (Å²) >= 11 is 0. The molecule has 0 spiro atoms. The molecule has 1 rings (SSSR count). The van der Waals surface area contributed by atoms with Crippen molar-refractivity contribution in [2.24, 2.45) is 5.92 Å². The number of aliphatic hydroxyl groups is 1. The highest BCUT2D eigenvalue weighted by Crippen LogP contribution is 2.22. The Bertz CT molecular complexity index is 532. The summed E-state index contributed by atoms with van der Waals surface area (Å²) in [5, 5.41) is 8.93. The fraction of sp³-hybridized carbons (Fsp3) is 0.500. The number of nitrogen functional groups attached to an aromatic ring is 1. The van der Waals surface area contributed by atoms with E-state index in [0.29, 0.717) is 0 Å². The van der Waals surface area contributed by atoms with Gasteiger partial charge in [-0.2, -0.15) is 0 Å². The smallest absolute Gasteiger partial charge is 0.242 e. The molecule has 1 aromatic rings. The predicted molar refractivity (Wildman–Crippen MR) is 71.5 cm³/mol. The SMILES string of the molecule is CC(C)C(CCO)NS(=O)(=O)c1cccc(F)c1N. The van der Waals surface area contributed by atoms with Crippen LogP contribution in [-0.4, -0.2) is 26.2 Å². The molecule has 0 aromatic heterocycles. The minimum absolute atomic E-state index is 0.00305. The minimum atomic E-state index is -3.91. The topological polar surface area (TPSA) is 92.4 Å². The lowest BCUT2D eigenvalue weighted by molar-refractivity contribution is 0.256. The molecule has 0 aliphatic heterocycles. The standard InChI is InChI=1S/C12H19FN2O3S/c1-8(2)10(6-7-16)15-19(17,18)11-5-3-4-9(13)12(11)14/h3-5,8,10,15-16H,6-7,14H2,1-2H3. The molecule has 0 radical (unpaired) electrons. The Morgan fingerprint density at radius 3 is 2.58 bits per heavy atom. The summed E-state index contributed by atoms with van der Waals surface area (Å²) in [6.45, 7) is 3.53. The molecule has 4 N–H and O–H groups in total. The second-order valence-corrected chi connectivity index (χ2v) is 6.32. The van der Waals surface area contributed by atoms with E-state index >= 15 is 0 Å². The molecule has 0 saturated heterocycles. The van der Waals surface area contributed by atoms with Crippen molar-refractivity contribution in [3.8, 4) is 0 Å². The van der Waals surface area contributed by atoms with Crippen LogP contribution >= 0.6 is 0 Å². The van der Waals surface area contributed by atoms with Gasteiger partial charge in [-0.1, -0.05) is 19.9 Å². The van der Waals surface area contributed by atoms with Gasteiger partial charge in [0.25, 0.3) is 0 Å². The first-order valence-corrected chi connectivity index (χ1v) is 7.45. The van der Waals surface area contributed by atoms with Crippen molar-refractivity contribution in [3.63, 3.8) is 0 Å². The lowest BCUT2D eigenvalue weighted by Gasteiger charge is -2.21. The molecule has 0 aliphatic rings. The second-order valence-electron chi connectivity index (χ2n) is 4.64. The van der Waals surface area contributed by atoms with Gasteiger partial charge in [-0.3, -0.25) is 0 Å². The van der Waals surface area contributed by atoms with Crippen LogP contribution in [-0.2, 0) is 10.0 Å². The number of hydrogen-bond acceptors (Lipinski definition) is 4. The van der Waals surface area contributed by atoms with Gasteiger partial charge in [-0.05, 0) is 24.5 Å². The Morgan fingerprint density at radius 2 is 2.05 bits per heavy atom. The van der Waals surface area contributed by atoms with E-state index in [0.717, 1.165) is 6.07 Å². The quantitative estimate of drug-likeness (QED) is 0.684. The van der Waals surface area contributed by atoms with E-state index in [1.54, 1.807) is 0 Å². The highest BCUT2D eigenvalue weighted by molar-refractivity contribution is 7.89. The van der Waals surface area contributed by atoms with Gasteiger partial charge in [0.2, 0.25) is 10.0 Å². The first-order valence-electron chi connectivity index (χ1n) is 5.96. The zero-order valence-electron chi connectivity index (χ0n) is 10.9. The monoisotopic (exact) mass is 290 g/mol. The number of hydrogen-bond donors (Lipinski definition) is 3. The predicted octanol–water partition coefficient (Wildman–Crippen LogP) is 1.09. The Morgan fingerprint density at radius 1 is 1.42 bits per heavy atom. The number of para-hydroxylation sites is 1. The van der Waals surface area contributed by atoms with Gasteiger partial charge >= 0.3 is 0 Å². The fourth-order valence-corrected chi connectivity index (χ4v) is 3.24. The van der Waals surface area contributed by atoms with E-state index in [-0.39, 0.29) is 23.8 Å². The van der Waals surface area contributed by atoms with Gasteiger partial charge < -0.3 is 10.8 Å². The minimum Gasteiger partial charge on any atom is -0.396 e. The van der Waals surface area contributed by atoms with Crippen molar-refractivity contribution in [3.05, 3.63) is 24.0 Å². The number of sulfonamides is 1. The Balaban J connectivity index is 3.07. The maximum Gasteiger partial charge on any atom is 0.242 e. The summed E-state index contributed by atoms with van der Waals surface area (Å²) in [6.07, 6.45) is 0.284. The molecule has 1 aromatic carbocycles. The number of nitrogens with one attached hydrogen (secondary N) is 1. The van der Waals surface area contributed by atoms with Crippen molar-refractivity contribution >= 4 is 15.7 Å². The molecule has 0 aliphatic carbocycles. The average molecular weight is 290 g/mol. The van der Waals surface area contributed by atoms with E-state index < -0.39 is 27.6 Å². The van der Waals surface area contributed by atoms with Crippen LogP contribution in [0.1, 0.15) is 20.3 Å². The maximum absolute atomic E-state index is 13.3. The molecular weight excluding hydrogens is 271 g/mol. The third-order valence-electron chi connectivity index (χ3n) is 2.85. The van der Waals surface area contributed by atoms with Crippen LogP contribution in [0.4, 0.5) is 10.1 Å². The van der Waals surface area contributed by atoms with Crippen LogP contribution in [0.5, 0.6) is 0 Å². The normalized spacial score (nSPS) is 13.7. The molecule has 0 amide bonds. The summed E-state index contributed by atoms with van der Waals surface area (Å²) in [5.74, 6) is -0.775. The Hall–Kier alpha value is -1.18. The van der Waals surface area contributed by atoms with Crippen molar-refractivity contribution in [2.45, 2.75) is 31.2 Å². The zero-order valence-corrected chi connectivity index (χ0v) is 11.7. The Kier molecular flexibility index (Phi) is 5.28. The van der Waals surface area contributed by atoms with Crippen molar-refractivity contribution in [1.82, 2.24) is 4.72 Å². The molecule has 0 fully saturated rings. The van der Waals surface area contributed by atoms with Gasteiger partial charge in [-0.15, -0.1) is 0 Å². The van der Waals surface area contributed by atoms with Gasteiger partial charge in [0.05, 0.1) is 5.69 Å². The maximum atomic E-state index is 13.3. The fourth-order valence-electron chi connectivity index (χ4n) is 1.68. The van der Waals surface area contributed by atoms with Gasteiger partial charge in [0.1, 0.15) is 10.7 Å². The third-order valence-corrected chi connectivity index (χ3v) is 4.40. The van der Waals surface area contributed by atoms with Crippen LogP contribution < -0.4 is 10.5 Å². The van der Waals surface area contributed by atoms with E-state index in [9.17, 15) is 12.8 Å². The molecule has 5 nitrogen and oxygen atoms in total. The molecule has 1 atom stereocenters. The van der Waals surface area contributed by atoms with Gasteiger partial charge in [0, 0.05) is 12.6 Å². The number of anilines is 1. The molecule has 0 bridgehead atoms. The number of benzene rings is 1. The molecule has 0 saturated carbocycles. The van der Waals surface area contributed by atoms with E-state index in [1.807, 2.05) is 13.8 Å². The van der Waals surface area contributed by atoms with Crippen LogP contribution in [0.25, 0.3) is 0 Å². The summed E-state index contributed by atoms with van der Waals surface area (Å²) in [4.78, 5) is -0.281. The molecule has 108 valence electrons. The van der Waals surface area contributed by atoms with Gasteiger partial charge in [0.15, 0.2) is 0 Å². The van der Waals surface area contributed by atoms with Crippen molar-refractivity contribution in [2.75, 3.05) is 12.3 Å². The number of nitrogens with two attached hydrogens (primary N) is 1. The van der Waals surface area contributed by atoms with Crippen LogP contribution in [0.3, 0.4) is 0 Å². The van der Waals surface area contributed by atoms with Gasteiger partial charge in [-0.25, -0.2) is 17.5 Å². The number of halogens is 1. The molecule has 7 heteroatoms. The second kappa shape index (κ2) is 6.31. The van der Waals surface area contributed by atoms with E-state index in [2.05, 4.69) is 4.72 Å². The highest BCUT2D eigenvalue weighted by atomic mass is 32.2. The van der Waals surface area contributed by atoms with Crippen LogP contribution in [0, 0.1) is 11.7 Å². The summed E-state index contributed by atoms with van der Waals surface area (Å²) in [5.41, 5.74) is 5.05. The third kappa shape index (κ3) is 3.89. The van der Waals surface area contributed by atoms with Crippen molar-refractivity contribution in [1.29, 1.82) is 0 Å². The average Bonchev–Trinajstić information content (AvgIpc) is 2.31. The Labute approximate surface area is 112 Å². The van der Waals surface area contributed by atoms with Crippen LogP contribution in [0.15, 0.2) is 23.1 Å². The first-order chi connectivity index (χ1) is 8.79. The summed E-state index contributed by atoms with van der Waals surface area (Å²) in [7, 11) is -3.91. The lowest BCUT2D eigenvalue weighted by Crippen LogP contribution is -2.39. The van der Waals surface area contributed by atoms with Crippen molar-refractivity contribution < 1.29 is 17.9 Å². The zero-order chi connectivity index (χ0) is 14.6. The number of rotatable bonds is 6.